The minimum absolute atomic E-state index is 0.0897. The van der Waals surface area contributed by atoms with E-state index in [2.05, 4.69) is 15.4 Å². The van der Waals surface area contributed by atoms with Crippen molar-refractivity contribution in [3.8, 4) is 11.4 Å². The zero-order valence-electron chi connectivity index (χ0n) is 16.0. The molecule has 2 aromatic carbocycles. The van der Waals surface area contributed by atoms with Gasteiger partial charge in [0.25, 0.3) is 5.91 Å². The number of carbonyl (C=O) groups is 1. The summed E-state index contributed by atoms with van der Waals surface area (Å²) >= 11 is 1.57. The number of carbonyl (C=O) groups excluding carboxylic acids is 1. The Morgan fingerprint density at radius 1 is 1.10 bits per heavy atom. The van der Waals surface area contributed by atoms with Gasteiger partial charge in [-0.2, -0.15) is 5.10 Å². The standard InChI is InChI=1S/C22H21N5OS/c1-29-22-24-12-13-26(22)20-9-5-6-18(14-20)21(28)23-11-10-17-15-25-27(16-17)19-7-3-2-4-8-19/h2-9,12-16H,10-11H2,1H3,(H,23,28). The lowest BCUT2D eigenvalue weighted by molar-refractivity contribution is 0.0954. The highest BCUT2D eigenvalue weighted by Crippen LogP contribution is 2.19. The largest absolute Gasteiger partial charge is 0.352 e. The van der Waals surface area contributed by atoms with E-state index in [1.807, 2.05) is 88.7 Å². The molecule has 0 atom stereocenters. The number of nitrogens with zero attached hydrogens (tertiary/aromatic N) is 4. The van der Waals surface area contributed by atoms with Crippen molar-refractivity contribution in [3.05, 3.63) is 90.5 Å². The van der Waals surface area contributed by atoms with E-state index in [1.165, 1.54) is 0 Å². The summed E-state index contributed by atoms with van der Waals surface area (Å²) in [6.45, 7) is 0.546. The number of nitrogens with one attached hydrogen (secondary N) is 1. The highest BCUT2D eigenvalue weighted by atomic mass is 32.2. The summed E-state index contributed by atoms with van der Waals surface area (Å²) in [6.07, 6.45) is 10.2. The monoisotopic (exact) mass is 403 g/mol. The van der Waals surface area contributed by atoms with E-state index in [-0.39, 0.29) is 5.91 Å². The summed E-state index contributed by atoms with van der Waals surface area (Å²) in [6, 6.07) is 17.5. The summed E-state index contributed by atoms with van der Waals surface area (Å²) in [5.41, 5.74) is 3.64. The number of imidazole rings is 1. The van der Waals surface area contributed by atoms with Gasteiger partial charge in [-0.05, 0) is 48.6 Å². The summed E-state index contributed by atoms with van der Waals surface area (Å²) in [7, 11) is 0. The first-order valence-electron chi connectivity index (χ1n) is 9.29. The number of rotatable bonds is 7. The molecular formula is C22H21N5OS. The fourth-order valence-electron chi connectivity index (χ4n) is 3.07. The van der Waals surface area contributed by atoms with E-state index in [9.17, 15) is 4.79 Å². The smallest absolute Gasteiger partial charge is 0.251 e. The lowest BCUT2D eigenvalue weighted by Gasteiger charge is -2.09. The molecule has 2 heterocycles. The predicted molar refractivity (Wildman–Crippen MR) is 115 cm³/mol. The Kier molecular flexibility index (Phi) is 5.76. The van der Waals surface area contributed by atoms with Crippen molar-refractivity contribution in [2.75, 3.05) is 12.8 Å². The third-order valence-corrected chi connectivity index (χ3v) is 5.20. The van der Waals surface area contributed by atoms with Crippen LogP contribution < -0.4 is 5.32 Å². The molecule has 0 fully saturated rings. The molecule has 29 heavy (non-hydrogen) atoms. The van der Waals surface area contributed by atoms with Crippen LogP contribution in [-0.4, -0.2) is 38.0 Å². The van der Waals surface area contributed by atoms with Gasteiger partial charge in [-0.3, -0.25) is 9.36 Å². The van der Waals surface area contributed by atoms with E-state index in [1.54, 1.807) is 18.0 Å². The molecule has 0 aliphatic rings. The quantitative estimate of drug-likeness (QED) is 0.477. The minimum Gasteiger partial charge on any atom is -0.352 e. The third kappa shape index (κ3) is 4.41. The number of aromatic nitrogens is 4. The fraction of sp³-hybridized carbons (Fsp3) is 0.136. The first-order chi connectivity index (χ1) is 14.2. The molecule has 0 aliphatic carbocycles. The van der Waals surface area contributed by atoms with Crippen molar-refractivity contribution >= 4 is 17.7 Å². The second-order valence-electron chi connectivity index (χ2n) is 6.47. The van der Waals surface area contributed by atoms with Crippen molar-refractivity contribution in [2.45, 2.75) is 11.6 Å². The maximum atomic E-state index is 12.6. The van der Waals surface area contributed by atoms with Gasteiger partial charge in [0.05, 0.1) is 11.9 Å². The van der Waals surface area contributed by atoms with Gasteiger partial charge < -0.3 is 5.32 Å². The third-order valence-electron chi connectivity index (χ3n) is 4.53. The highest BCUT2D eigenvalue weighted by molar-refractivity contribution is 7.98. The number of thioether (sulfide) groups is 1. The molecule has 0 unspecified atom stereocenters. The topological polar surface area (TPSA) is 64.7 Å². The Morgan fingerprint density at radius 2 is 1.93 bits per heavy atom. The summed E-state index contributed by atoms with van der Waals surface area (Å²) < 4.78 is 3.81. The van der Waals surface area contributed by atoms with Crippen molar-refractivity contribution in [1.82, 2.24) is 24.6 Å². The van der Waals surface area contributed by atoms with Crippen LogP contribution in [0.3, 0.4) is 0 Å². The molecule has 0 spiro atoms. The Balaban J connectivity index is 1.37. The van der Waals surface area contributed by atoms with Crippen molar-refractivity contribution in [3.63, 3.8) is 0 Å². The van der Waals surface area contributed by atoms with Gasteiger partial charge in [-0.25, -0.2) is 9.67 Å². The van der Waals surface area contributed by atoms with Crippen molar-refractivity contribution < 1.29 is 4.79 Å². The Morgan fingerprint density at radius 3 is 2.76 bits per heavy atom. The van der Waals surface area contributed by atoms with Crippen LogP contribution in [0.5, 0.6) is 0 Å². The molecule has 0 saturated heterocycles. The average Bonchev–Trinajstić information content (AvgIpc) is 3.44. The molecule has 4 aromatic rings. The molecule has 2 aromatic heterocycles. The van der Waals surface area contributed by atoms with Crippen LogP contribution in [0.4, 0.5) is 0 Å². The van der Waals surface area contributed by atoms with E-state index in [0.717, 1.165) is 28.5 Å². The maximum absolute atomic E-state index is 12.6. The van der Waals surface area contributed by atoms with Crippen LogP contribution >= 0.6 is 11.8 Å². The number of para-hydroxylation sites is 1. The van der Waals surface area contributed by atoms with Gasteiger partial charge in [-0.15, -0.1) is 0 Å². The molecule has 0 bridgehead atoms. The molecule has 1 N–H and O–H groups in total. The average molecular weight is 404 g/mol. The lowest BCUT2D eigenvalue weighted by atomic mass is 10.2. The molecule has 7 heteroatoms. The van der Waals surface area contributed by atoms with E-state index >= 15 is 0 Å². The number of amides is 1. The van der Waals surface area contributed by atoms with Gasteiger partial charge in [0, 0.05) is 36.4 Å². The molecule has 1 amide bonds. The molecule has 6 nitrogen and oxygen atoms in total. The van der Waals surface area contributed by atoms with E-state index < -0.39 is 0 Å². The zero-order chi connectivity index (χ0) is 20.1. The van der Waals surface area contributed by atoms with Gasteiger partial charge in [0.1, 0.15) is 0 Å². The Labute approximate surface area is 173 Å². The SMILES string of the molecule is CSc1nccn1-c1cccc(C(=O)NCCc2cnn(-c3ccccc3)c2)c1. The predicted octanol–water partition coefficient (Wildman–Crippen LogP) is 3.75. The van der Waals surface area contributed by atoms with Crippen LogP contribution in [-0.2, 0) is 6.42 Å². The van der Waals surface area contributed by atoms with Gasteiger partial charge in [-0.1, -0.05) is 36.0 Å². The van der Waals surface area contributed by atoms with Gasteiger partial charge in [0.2, 0.25) is 0 Å². The van der Waals surface area contributed by atoms with E-state index in [0.29, 0.717) is 12.1 Å². The molecular weight excluding hydrogens is 382 g/mol. The first-order valence-corrected chi connectivity index (χ1v) is 10.5. The van der Waals surface area contributed by atoms with Gasteiger partial charge >= 0.3 is 0 Å². The lowest BCUT2D eigenvalue weighted by Crippen LogP contribution is -2.25. The second-order valence-corrected chi connectivity index (χ2v) is 7.24. The van der Waals surface area contributed by atoms with Crippen LogP contribution in [0.15, 0.2) is 84.5 Å². The summed E-state index contributed by atoms with van der Waals surface area (Å²) in [5.74, 6) is -0.0897. The van der Waals surface area contributed by atoms with Crippen LogP contribution in [0.2, 0.25) is 0 Å². The Hall–Kier alpha value is -3.32. The summed E-state index contributed by atoms with van der Waals surface area (Å²) in [4.78, 5) is 16.9. The summed E-state index contributed by atoms with van der Waals surface area (Å²) in [5, 5.41) is 8.27. The van der Waals surface area contributed by atoms with Crippen molar-refractivity contribution in [1.29, 1.82) is 0 Å². The number of benzene rings is 2. The highest BCUT2D eigenvalue weighted by Gasteiger charge is 2.09. The van der Waals surface area contributed by atoms with Crippen LogP contribution in [0, 0.1) is 0 Å². The van der Waals surface area contributed by atoms with Crippen LogP contribution in [0.25, 0.3) is 11.4 Å². The minimum atomic E-state index is -0.0897. The second kappa shape index (κ2) is 8.79. The Bertz CT molecular complexity index is 1100. The molecule has 0 aliphatic heterocycles. The van der Waals surface area contributed by atoms with Crippen LogP contribution in [0.1, 0.15) is 15.9 Å². The first kappa shape index (κ1) is 19.0. The number of hydrogen-bond donors (Lipinski definition) is 1. The molecule has 0 saturated carbocycles. The number of hydrogen-bond acceptors (Lipinski definition) is 4. The van der Waals surface area contributed by atoms with Crippen molar-refractivity contribution in [2.24, 2.45) is 0 Å². The van der Waals surface area contributed by atoms with E-state index in [4.69, 9.17) is 0 Å². The normalized spacial score (nSPS) is 10.8. The zero-order valence-corrected chi connectivity index (χ0v) is 16.8. The van der Waals surface area contributed by atoms with Gasteiger partial charge in [0.15, 0.2) is 5.16 Å². The molecule has 0 radical (unpaired) electrons. The fourth-order valence-corrected chi connectivity index (χ4v) is 3.60. The maximum Gasteiger partial charge on any atom is 0.251 e. The molecule has 146 valence electrons. The molecule has 4 rings (SSSR count).